The first-order chi connectivity index (χ1) is 12.5. The van der Waals surface area contributed by atoms with Crippen molar-refractivity contribution in [2.45, 2.75) is 6.04 Å². The maximum atomic E-state index is 12.7. The molecule has 0 radical (unpaired) electrons. The highest BCUT2D eigenvalue weighted by Gasteiger charge is 2.23. The van der Waals surface area contributed by atoms with E-state index in [2.05, 4.69) is 10.9 Å². The molecule has 1 atom stereocenters. The molecule has 3 rings (SSSR count). The monoisotopic (exact) mass is 350 g/mol. The van der Waals surface area contributed by atoms with Gasteiger partial charge in [0.1, 0.15) is 6.04 Å². The molecule has 2 aromatic carbocycles. The van der Waals surface area contributed by atoms with Gasteiger partial charge in [0.25, 0.3) is 5.91 Å². The molecule has 0 fully saturated rings. The number of hydrazine groups is 1. The number of likely N-dealkylation sites (N-methyl/N-ethyl adjacent to an activating group) is 1. The third kappa shape index (κ3) is 3.45. The minimum atomic E-state index is -0.662. The molecular formula is C20H22N4O2. The number of amides is 2. The maximum absolute atomic E-state index is 12.7. The quantitative estimate of drug-likeness (QED) is 0.694. The minimum absolute atomic E-state index is 0.144. The topological polar surface area (TPSA) is 66.4 Å². The van der Waals surface area contributed by atoms with E-state index in [1.807, 2.05) is 66.2 Å². The molecule has 26 heavy (non-hydrogen) atoms. The lowest BCUT2D eigenvalue weighted by Gasteiger charge is -2.22. The number of nitrogens with one attached hydrogen (secondary N) is 2. The van der Waals surface area contributed by atoms with Crippen LogP contribution >= 0.6 is 0 Å². The van der Waals surface area contributed by atoms with Crippen LogP contribution in [0.5, 0.6) is 0 Å². The number of hydrogen-bond donors (Lipinski definition) is 2. The second-order valence-corrected chi connectivity index (χ2v) is 6.35. The molecule has 1 heterocycles. The summed E-state index contributed by atoms with van der Waals surface area (Å²) in [6, 6.07) is 16.3. The van der Waals surface area contributed by atoms with Crippen LogP contribution in [-0.4, -0.2) is 35.4 Å². The van der Waals surface area contributed by atoms with E-state index in [9.17, 15) is 9.59 Å². The summed E-state index contributed by atoms with van der Waals surface area (Å²) in [4.78, 5) is 26.7. The molecule has 134 valence electrons. The van der Waals surface area contributed by atoms with E-state index in [0.29, 0.717) is 5.56 Å². The first-order valence-corrected chi connectivity index (χ1v) is 8.35. The Morgan fingerprint density at radius 1 is 1.00 bits per heavy atom. The van der Waals surface area contributed by atoms with Crippen molar-refractivity contribution >= 4 is 22.7 Å². The van der Waals surface area contributed by atoms with E-state index in [4.69, 9.17) is 0 Å². The highest BCUT2D eigenvalue weighted by molar-refractivity contribution is 6.06. The molecule has 6 nitrogen and oxygen atoms in total. The second-order valence-electron chi connectivity index (χ2n) is 6.35. The van der Waals surface area contributed by atoms with E-state index in [1.165, 1.54) is 4.90 Å². The minimum Gasteiger partial charge on any atom is -0.350 e. The molecule has 0 saturated carbocycles. The maximum Gasteiger partial charge on any atom is 0.267 e. The van der Waals surface area contributed by atoms with Gasteiger partial charge in [-0.2, -0.15) is 0 Å². The summed E-state index contributed by atoms with van der Waals surface area (Å²) >= 11 is 0. The van der Waals surface area contributed by atoms with Crippen LogP contribution in [0.25, 0.3) is 10.9 Å². The molecule has 0 spiro atoms. The lowest BCUT2D eigenvalue weighted by Crippen LogP contribution is -2.46. The van der Waals surface area contributed by atoms with Crippen molar-refractivity contribution in [2.75, 3.05) is 14.1 Å². The van der Waals surface area contributed by atoms with Crippen LogP contribution in [0, 0.1) is 0 Å². The summed E-state index contributed by atoms with van der Waals surface area (Å²) in [7, 11) is 5.27. The van der Waals surface area contributed by atoms with E-state index in [0.717, 1.165) is 16.5 Å². The van der Waals surface area contributed by atoms with Gasteiger partial charge in [0.2, 0.25) is 5.91 Å². The first kappa shape index (κ1) is 17.7. The Bertz CT molecular complexity index is 931. The van der Waals surface area contributed by atoms with Crippen molar-refractivity contribution in [1.29, 1.82) is 0 Å². The first-order valence-electron chi connectivity index (χ1n) is 8.35. The number of hydrogen-bond acceptors (Lipinski definition) is 3. The van der Waals surface area contributed by atoms with Crippen molar-refractivity contribution in [3.63, 3.8) is 0 Å². The Morgan fingerprint density at radius 3 is 2.35 bits per heavy atom. The molecule has 0 bridgehead atoms. The summed E-state index contributed by atoms with van der Waals surface area (Å²) in [5.41, 5.74) is 7.89. The SMILES string of the molecule is CN(C)C(=O)[C@@H](NNC(=O)c1cn(C)c2ccccc12)c1ccccc1. The normalized spacial score (nSPS) is 12.0. The van der Waals surface area contributed by atoms with Gasteiger partial charge >= 0.3 is 0 Å². The standard InChI is InChI=1S/C20H22N4O2/c1-23(2)20(26)18(14-9-5-4-6-10-14)21-22-19(25)16-13-24(3)17-12-8-7-11-15(16)17/h4-13,18,21H,1-3H3,(H,22,25)/t18-/m0/s1. The van der Waals surface area contributed by atoms with Crippen LogP contribution in [0.2, 0.25) is 0 Å². The second kappa shape index (κ2) is 7.41. The number of para-hydroxylation sites is 1. The van der Waals surface area contributed by atoms with Crippen LogP contribution in [-0.2, 0) is 11.8 Å². The van der Waals surface area contributed by atoms with Crippen molar-refractivity contribution < 1.29 is 9.59 Å². The average Bonchev–Trinajstić information content (AvgIpc) is 2.99. The number of aryl methyl sites for hydroxylation is 1. The fourth-order valence-electron chi connectivity index (χ4n) is 2.92. The van der Waals surface area contributed by atoms with E-state index in [-0.39, 0.29) is 11.8 Å². The lowest BCUT2D eigenvalue weighted by molar-refractivity contribution is -0.131. The van der Waals surface area contributed by atoms with Crippen molar-refractivity contribution in [3.8, 4) is 0 Å². The van der Waals surface area contributed by atoms with Gasteiger partial charge in [-0.15, -0.1) is 0 Å². The Labute approximate surface area is 152 Å². The molecule has 2 amide bonds. The molecule has 0 aliphatic heterocycles. The van der Waals surface area contributed by atoms with Gasteiger partial charge in [0.05, 0.1) is 5.56 Å². The van der Waals surface area contributed by atoms with Gasteiger partial charge in [0, 0.05) is 38.2 Å². The van der Waals surface area contributed by atoms with Crippen molar-refractivity contribution in [2.24, 2.45) is 7.05 Å². The number of fused-ring (bicyclic) bond motifs is 1. The van der Waals surface area contributed by atoms with Crippen LogP contribution in [0.1, 0.15) is 22.0 Å². The van der Waals surface area contributed by atoms with Gasteiger partial charge < -0.3 is 9.47 Å². The Morgan fingerprint density at radius 2 is 1.65 bits per heavy atom. The Kier molecular flexibility index (Phi) is 5.04. The zero-order valence-electron chi connectivity index (χ0n) is 15.1. The fourth-order valence-corrected chi connectivity index (χ4v) is 2.92. The zero-order valence-corrected chi connectivity index (χ0v) is 15.1. The fraction of sp³-hybridized carbons (Fsp3) is 0.200. The molecule has 0 saturated heterocycles. The molecule has 0 aliphatic rings. The largest absolute Gasteiger partial charge is 0.350 e. The van der Waals surface area contributed by atoms with Gasteiger partial charge in [0.15, 0.2) is 0 Å². The summed E-state index contributed by atoms with van der Waals surface area (Å²) in [5, 5.41) is 0.865. The molecule has 1 aromatic heterocycles. The number of carbonyl (C=O) groups excluding carboxylic acids is 2. The van der Waals surface area contributed by atoms with Crippen molar-refractivity contribution in [3.05, 3.63) is 71.9 Å². The van der Waals surface area contributed by atoms with Gasteiger partial charge in [-0.25, -0.2) is 5.43 Å². The number of carbonyl (C=O) groups is 2. The Hall–Kier alpha value is -3.12. The summed E-state index contributed by atoms with van der Waals surface area (Å²) in [6.07, 6.45) is 1.78. The summed E-state index contributed by atoms with van der Waals surface area (Å²) in [5.74, 6) is -0.427. The highest BCUT2D eigenvalue weighted by Crippen LogP contribution is 2.20. The number of aromatic nitrogens is 1. The smallest absolute Gasteiger partial charge is 0.267 e. The van der Waals surface area contributed by atoms with Gasteiger partial charge in [-0.05, 0) is 11.6 Å². The third-order valence-corrected chi connectivity index (χ3v) is 4.29. The van der Waals surface area contributed by atoms with Crippen LogP contribution in [0.15, 0.2) is 60.8 Å². The highest BCUT2D eigenvalue weighted by atomic mass is 16.2. The van der Waals surface area contributed by atoms with Crippen LogP contribution in [0.4, 0.5) is 0 Å². The predicted molar refractivity (Wildman–Crippen MR) is 101 cm³/mol. The Balaban J connectivity index is 1.82. The van der Waals surface area contributed by atoms with Gasteiger partial charge in [-0.1, -0.05) is 48.5 Å². The van der Waals surface area contributed by atoms with E-state index in [1.54, 1.807) is 20.3 Å². The molecule has 2 N–H and O–H groups in total. The molecular weight excluding hydrogens is 328 g/mol. The lowest BCUT2D eigenvalue weighted by atomic mass is 10.1. The number of benzene rings is 2. The average molecular weight is 350 g/mol. The van der Waals surface area contributed by atoms with E-state index < -0.39 is 6.04 Å². The van der Waals surface area contributed by atoms with E-state index >= 15 is 0 Å². The van der Waals surface area contributed by atoms with Crippen LogP contribution in [0.3, 0.4) is 0 Å². The van der Waals surface area contributed by atoms with Gasteiger partial charge in [-0.3, -0.25) is 15.0 Å². The molecule has 0 unspecified atom stereocenters. The summed E-state index contributed by atoms with van der Waals surface area (Å²) in [6.45, 7) is 0. The third-order valence-electron chi connectivity index (χ3n) is 4.29. The van der Waals surface area contributed by atoms with Crippen molar-refractivity contribution in [1.82, 2.24) is 20.3 Å². The molecule has 0 aliphatic carbocycles. The zero-order chi connectivity index (χ0) is 18.7. The predicted octanol–water partition coefficient (Wildman–Crippen LogP) is 2.24. The number of nitrogens with zero attached hydrogens (tertiary/aromatic N) is 2. The molecule has 3 aromatic rings. The number of rotatable bonds is 5. The van der Waals surface area contributed by atoms with Crippen LogP contribution < -0.4 is 10.9 Å². The molecule has 6 heteroatoms. The summed E-state index contributed by atoms with van der Waals surface area (Å²) < 4.78 is 1.91.